The van der Waals surface area contributed by atoms with Crippen molar-refractivity contribution in [3.05, 3.63) is 53.0 Å². The van der Waals surface area contributed by atoms with E-state index < -0.39 is 5.82 Å². The first-order chi connectivity index (χ1) is 20.6. The van der Waals surface area contributed by atoms with Gasteiger partial charge in [0.05, 0.1) is 25.4 Å². The highest BCUT2D eigenvalue weighted by molar-refractivity contribution is 5.75. The fraction of sp³-hybridized carbons (Fsp3) is 0.636. The van der Waals surface area contributed by atoms with Gasteiger partial charge >= 0.3 is 5.97 Å². The number of anilines is 1. The van der Waals surface area contributed by atoms with Crippen molar-refractivity contribution >= 4 is 11.8 Å². The Morgan fingerprint density at radius 1 is 1.14 bits per heavy atom. The molecule has 1 aromatic heterocycles. The summed E-state index contributed by atoms with van der Waals surface area (Å²) >= 11 is 0. The molecular formula is C33H44FN3O5. The summed E-state index contributed by atoms with van der Waals surface area (Å²) in [4.78, 5) is 19.7. The molecule has 0 saturated carbocycles. The molecule has 5 heterocycles. The Hall–Kier alpha value is -2.59. The second-order valence-corrected chi connectivity index (χ2v) is 12.4. The van der Waals surface area contributed by atoms with Crippen molar-refractivity contribution in [1.82, 2.24) is 9.88 Å². The molecule has 1 spiro atoms. The zero-order chi connectivity index (χ0) is 28.8. The van der Waals surface area contributed by atoms with Crippen LogP contribution in [0.3, 0.4) is 0 Å². The molecule has 0 bridgehead atoms. The van der Waals surface area contributed by atoms with Gasteiger partial charge in [-0.3, -0.25) is 9.69 Å². The van der Waals surface area contributed by atoms with Crippen molar-refractivity contribution in [1.29, 1.82) is 0 Å². The van der Waals surface area contributed by atoms with Gasteiger partial charge in [0.25, 0.3) is 0 Å². The fourth-order valence-corrected chi connectivity index (χ4v) is 6.76. The van der Waals surface area contributed by atoms with Crippen LogP contribution in [0.25, 0.3) is 0 Å². The lowest BCUT2D eigenvalue weighted by atomic mass is 9.74. The minimum Gasteiger partial charge on any atom is -0.425 e. The number of nitrogens with one attached hydrogen (secondary N) is 1. The Balaban J connectivity index is 0.917. The predicted molar refractivity (Wildman–Crippen MR) is 157 cm³/mol. The fourth-order valence-electron chi connectivity index (χ4n) is 6.76. The van der Waals surface area contributed by atoms with Gasteiger partial charge in [-0.1, -0.05) is 6.07 Å². The van der Waals surface area contributed by atoms with Crippen LogP contribution in [0.2, 0.25) is 0 Å². The molecule has 1 unspecified atom stereocenters. The van der Waals surface area contributed by atoms with Crippen LogP contribution in [0.15, 0.2) is 30.3 Å². The van der Waals surface area contributed by atoms with Gasteiger partial charge in [-0.2, -0.15) is 0 Å². The number of esters is 1. The molecule has 1 N–H and O–H groups in total. The summed E-state index contributed by atoms with van der Waals surface area (Å²) < 4.78 is 37.8. The molecule has 9 heteroatoms. The largest absolute Gasteiger partial charge is 0.425 e. The molecule has 0 radical (unpaired) electrons. The third-order valence-electron chi connectivity index (χ3n) is 9.34. The summed E-state index contributed by atoms with van der Waals surface area (Å²) in [6.07, 6.45) is 9.91. The highest BCUT2D eigenvalue weighted by Gasteiger charge is 2.38. The molecule has 42 heavy (non-hydrogen) atoms. The summed E-state index contributed by atoms with van der Waals surface area (Å²) in [6.45, 7) is 5.55. The van der Waals surface area contributed by atoms with E-state index >= 15 is 0 Å². The van der Waals surface area contributed by atoms with E-state index in [1.54, 1.807) is 6.07 Å². The zero-order valence-electron chi connectivity index (χ0n) is 24.6. The van der Waals surface area contributed by atoms with E-state index in [0.717, 1.165) is 101 Å². The number of halogens is 1. The second-order valence-electron chi connectivity index (χ2n) is 12.4. The van der Waals surface area contributed by atoms with Crippen molar-refractivity contribution in [3.63, 3.8) is 0 Å². The van der Waals surface area contributed by atoms with E-state index in [1.807, 2.05) is 0 Å². The molecule has 228 valence electrons. The number of rotatable bonds is 10. The maximum Gasteiger partial charge on any atom is 0.325 e. The standard InChI is InChI=1S/C33H44FN3O5/c34-25-7-9-28(29-10-12-33(23-41-29)13-18-39-19-14-33)30(20-25)42-31(38)22-37-16-11-27(21-37)40-17-2-1-5-26-8-6-24-4-3-15-35-32(24)36-26/h6-9,20,27,29H,1-5,10-19,21-23H2,(H,35,36)/t27-,29?/m1/s1. The van der Waals surface area contributed by atoms with E-state index in [9.17, 15) is 9.18 Å². The average Bonchev–Trinajstić information content (AvgIpc) is 3.45. The Labute approximate surface area is 248 Å². The molecule has 3 saturated heterocycles. The van der Waals surface area contributed by atoms with Crippen molar-refractivity contribution in [2.75, 3.05) is 57.9 Å². The summed E-state index contributed by atoms with van der Waals surface area (Å²) in [5, 5.41) is 3.40. The number of aryl methyl sites for hydroxylation is 2. The minimum atomic E-state index is -0.424. The number of hydrogen-bond donors (Lipinski definition) is 1. The monoisotopic (exact) mass is 581 g/mol. The Morgan fingerprint density at radius 3 is 2.90 bits per heavy atom. The van der Waals surface area contributed by atoms with Gasteiger partial charge in [-0.15, -0.1) is 0 Å². The highest BCUT2D eigenvalue weighted by Crippen LogP contribution is 2.45. The lowest BCUT2D eigenvalue weighted by Crippen LogP contribution is -2.38. The zero-order valence-corrected chi connectivity index (χ0v) is 24.6. The van der Waals surface area contributed by atoms with E-state index in [-0.39, 0.29) is 35.9 Å². The van der Waals surface area contributed by atoms with Crippen LogP contribution >= 0.6 is 0 Å². The number of aromatic nitrogens is 1. The van der Waals surface area contributed by atoms with Gasteiger partial charge < -0.3 is 24.3 Å². The molecule has 2 atom stereocenters. The van der Waals surface area contributed by atoms with Crippen molar-refractivity contribution in [3.8, 4) is 5.75 Å². The number of ether oxygens (including phenoxy) is 4. The van der Waals surface area contributed by atoms with Crippen LogP contribution in [-0.4, -0.2) is 74.6 Å². The molecule has 1 aromatic carbocycles. The lowest BCUT2D eigenvalue weighted by Gasteiger charge is -2.42. The van der Waals surface area contributed by atoms with Gasteiger partial charge in [-0.05, 0) is 93.4 Å². The number of pyridine rings is 1. The van der Waals surface area contributed by atoms with E-state index in [4.69, 9.17) is 23.9 Å². The van der Waals surface area contributed by atoms with E-state index in [1.165, 1.54) is 24.1 Å². The number of hydrogen-bond acceptors (Lipinski definition) is 8. The molecule has 0 aliphatic carbocycles. The van der Waals surface area contributed by atoms with Crippen LogP contribution in [0.1, 0.15) is 74.3 Å². The van der Waals surface area contributed by atoms with Crippen molar-refractivity contribution < 1.29 is 28.1 Å². The first kappa shape index (κ1) is 29.5. The third-order valence-corrected chi connectivity index (χ3v) is 9.34. The van der Waals surface area contributed by atoms with Gasteiger partial charge in [0.15, 0.2) is 0 Å². The molecular weight excluding hydrogens is 537 g/mol. The smallest absolute Gasteiger partial charge is 0.325 e. The Bertz CT molecular complexity index is 1210. The maximum atomic E-state index is 14.2. The van der Waals surface area contributed by atoms with Crippen LogP contribution in [0.4, 0.5) is 10.2 Å². The van der Waals surface area contributed by atoms with Crippen LogP contribution in [0.5, 0.6) is 5.75 Å². The predicted octanol–water partition coefficient (Wildman–Crippen LogP) is 5.25. The molecule has 8 nitrogen and oxygen atoms in total. The number of unbranched alkanes of at least 4 members (excludes halogenated alkanes) is 1. The quantitative estimate of drug-likeness (QED) is 0.232. The van der Waals surface area contributed by atoms with Gasteiger partial charge in [-0.25, -0.2) is 9.37 Å². The van der Waals surface area contributed by atoms with Gasteiger partial charge in [0.2, 0.25) is 0 Å². The summed E-state index contributed by atoms with van der Waals surface area (Å²) in [5.41, 5.74) is 3.38. The number of fused-ring (bicyclic) bond motifs is 1. The van der Waals surface area contributed by atoms with Crippen LogP contribution in [0, 0.1) is 11.2 Å². The normalized spacial score (nSPS) is 23.8. The first-order valence-corrected chi connectivity index (χ1v) is 15.8. The number of nitrogens with zero attached hydrogens (tertiary/aromatic N) is 2. The molecule has 0 amide bonds. The Morgan fingerprint density at radius 2 is 2.05 bits per heavy atom. The van der Waals surface area contributed by atoms with Crippen molar-refractivity contribution in [2.45, 2.75) is 76.4 Å². The average molecular weight is 582 g/mol. The topological polar surface area (TPSA) is 82.2 Å². The minimum absolute atomic E-state index is 0.113. The number of benzene rings is 1. The number of carbonyl (C=O) groups excluding carboxylic acids is 1. The highest BCUT2D eigenvalue weighted by atomic mass is 19.1. The van der Waals surface area contributed by atoms with Gasteiger partial charge in [0, 0.05) is 56.8 Å². The lowest BCUT2D eigenvalue weighted by molar-refractivity contribution is -0.136. The molecule has 6 rings (SSSR count). The molecule has 4 aliphatic heterocycles. The van der Waals surface area contributed by atoms with Crippen molar-refractivity contribution in [2.24, 2.45) is 5.41 Å². The van der Waals surface area contributed by atoms with E-state index in [2.05, 4.69) is 22.3 Å². The molecule has 2 aromatic rings. The third kappa shape index (κ3) is 7.48. The molecule has 4 aliphatic rings. The van der Waals surface area contributed by atoms with Crippen LogP contribution < -0.4 is 10.1 Å². The summed E-state index contributed by atoms with van der Waals surface area (Å²) in [6, 6.07) is 8.78. The second kappa shape index (κ2) is 13.8. The SMILES string of the molecule is O=C(CN1CC[C@@H](OCCCCc2ccc3c(n2)NCCC3)C1)Oc1cc(F)ccc1C1CCC2(CCOCC2)CO1. The van der Waals surface area contributed by atoms with E-state index in [0.29, 0.717) is 19.8 Å². The first-order valence-electron chi connectivity index (χ1n) is 15.8. The van der Waals surface area contributed by atoms with Crippen LogP contribution in [-0.2, 0) is 31.8 Å². The molecule has 3 fully saturated rings. The van der Waals surface area contributed by atoms with Gasteiger partial charge in [0.1, 0.15) is 17.4 Å². The Kier molecular flexibility index (Phi) is 9.69. The maximum absolute atomic E-state index is 14.2. The summed E-state index contributed by atoms with van der Waals surface area (Å²) in [5.74, 6) is 0.515. The number of carbonyl (C=O) groups is 1. The number of likely N-dealkylation sites (tertiary alicyclic amines) is 1. The summed E-state index contributed by atoms with van der Waals surface area (Å²) in [7, 11) is 0.